The molecule has 65 heavy (non-hydrogen) atoms. The van der Waals surface area contributed by atoms with Crippen molar-refractivity contribution in [3.8, 4) is 55.6 Å². The summed E-state index contributed by atoms with van der Waals surface area (Å²) >= 11 is 0. The Kier molecular flexibility index (Phi) is 9.14. The van der Waals surface area contributed by atoms with Crippen molar-refractivity contribution in [1.82, 2.24) is 0 Å². The van der Waals surface area contributed by atoms with Gasteiger partial charge in [-0.3, -0.25) is 0 Å². The Morgan fingerprint density at radius 1 is 0.262 bits per heavy atom. The van der Waals surface area contributed by atoms with E-state index < -0.39 is 5.41 Å². The van der Waals surface area contributed by atoms with Crippen molar-refractivity contribution >= 4 is 17.1 Å². The molecule has 12 rings (SSSR count). The first-order valence-corrected chi connectivity index (χ1v) is 22.8. The minimum absolute atomic E-state index is 0.189. The fourth-order valence-corrected chi connectivity index (χ4v) is 11.1. The maximum Gasteiger partial charge on any atom is 0.0719 e. The van der Waals surface area contributed by atoms with Gasteiger partial charge in [-0.05, 0) is 126 Å². The molecule has 1 nitrogen and oxygen atoms in total. The van der Waals surface area contributed by atoms with Crippen molar-refractivity contribution in [3.63, 3.8) is 0 Å². The zero-order chi connectivity index (χ0) is 43.5. The molecule has 308 valence electrons. The molecule has 10 aromatic carbocycles. The summed E-state index contributed by atoms with van der Waals surface area (Å²) in [5.74, 6) is 0. The zero-order valence-electron chi connectivity index (χ0n) is 36.6. The van der Waals surface area contributed by atoms with E-state index in [1.807, 2.05) is 0 Å². The van der Waals surface area contributed by atoms with Crippen LogP contribution in [0.5, 0.6) is 0 Å². The summed E-state index contributed by atoms with van der Waals surface area (Å²) in [5.41, 5.74) is 23.0. The van der Waals surface area contributed by atoms with Gasteiger partial charge in [0, 0.05) is 22.4 Å². The highest BCUT2D eigenvalue weighted by Gasteiger charge is 2.53. The normalized spacial score (nSPS) is 13.6. The SMILES string of the molecule is CC1(C)c2ccccc2C2(c3ccccc3-c3ccccc32)c2cc(-c3ccc(N(c4cc(-c5ccccc5)cc(-c5ccccc5)c4)c4ccccc4-c4ccccc4)cc3)ccc21. The van der Waals surface area contributed by atoms with Gasteiger partial charge >= 0.3 is 0 Å². The number of rotatable bonds is 7. The Morgan fingerprint density at radius 3 is 1.28 bits per heavy atom. The van der Waals surface area contributed by atoms with Gasteiger partial charge in [0.05, 0.1) is 11.1 Å². The Hall–Kier alpha value is -8.00. The maximum absolute atomic E-state index is 2.51. The highest BCUT2D eigenvalue weighted by Crippen LogP contribution is 2.62. The summed E-state index contributed by atoms with van der Waals surface area (Å²) in [5, 5.41) is 0. The lowest BCUT2D eigenvalue weighted by Gasteiger charge is -2.46. The van der Waals surface area contributed by atoms with Crippen LogP contribution in [0.4, 0.5) is 17.1 Å². The molecule has 1 heteroatoms. The number of nitrogens with zero attached hydrogens (tertiary/aromatic N) is 1. The molecule has 1 spiro atoms. The van der Waals surface area contributed by atoms with Gasteiger partial charge in [0.25, 0.3) is 0 Å². The van der Waals surface area contributed by atoms with Gasteiger partial charge in [-0.15, -0.1) is 0 Å². The number of benzene rings is 10. The Morgan fingerprint density at radius 2 is 0.692 bits per heavy atom. The third-order valence-electron chi connectivity index (χ3n) is 14.1. The lowest BCUT2D eigenvalue weighted by atomic mass is 9.55. The monoisotopic (exact) mass is 829 g/mol. The zero-order valence-corrected chi connectivity index (χ0v) is 36.6. The average molecular weight is 830 g/mol. The molecule has 0 aliphatic heterocycles. The third kappa shape index (κ3) is 6.15. The van der Waals surface area contributed by atoms with Crippen LogP contribution in [0.2, 0.25) is 0 Å². The van der Waals surface area contributed by atoms with Gasteiger partial charge in [-0.1, -0.05) is 220 Å². The molecule has 2 aliphatic carbocycles. The smallest absolute Gasteiger partial charge is 0.0719 e. The molecule has 0 saturated carbocycles. The predicted octanol–water partition coefficient (Wildman–Crippen LogP) is 16.8. The molecule has 0 N–H and O–H groups in total. The van der Waals surface area contributed by atoms with Crippen LogP contribution in [0.15, 0.2) is 249 Å². The second kappa shape index (κ2) is 15.4. The molecule has 0 fully saturated rings. The minimum Gasteiger partial charge on any atom is -0.310 e. The summed E-state index contributed by atoms with van der Waals surface area (Å²) in [6.45, 7) is 4.80. The summed E-state index contributed by atoms with van der Waals surface area (Å²) in [6, 6.07) is 92.0. The maximum atomic E-state index is 2.51. The minimum atomic E-state index is -0.442. The molecule has 0 unspecified atom stereocenters. The van der Waals surface area contributed by atoms with Crippen LogP contribution >= 0.6 is 0 Å². The second-order valence-electron chi connectivity index (χ2n) is 18.0. The van der Waals surface area contributed by atoms with Crippen LogP contribution in [0.1, 0.15) is 47.2 Å². The molecule has 0 radical (unpaired) electrons. The van der Waals surface area contributed by atoms with Crippen LogP contribution in [-0.4, -0.2) is 0 Å². The Bertz CT molecular complexity index is 3280. The third-order valence-corrected chi connectivity index (χ3v) is 14.1. The first-order valence-electron chi connectivity index (χ1n) is 22.8. The number of para-hydroxylation sites is 1. The number of hydrogen-bond donors (Lipinski definition) is 0. The van der Waals surface area contributed by atoms with Crippen molar-refractivity contribution in [1.29, 1.82) is 0 Å². The van der Waals surface area contributed by atoms with Crippen LogP contribution in [0.25, 0.3) is 55.6 Å². The van der Waals surface area contributed by atoms with E-state index in [1.54, 1.807) is 0 Å². The van der Waals surface area contributed by atoms with Crippen molar-refractivity contribution in [2.75, 3.05) is 4.90 Å². The van der Waals surface area contributed by atoms with Crippen LogP contribution in [0, 0.1) is 0 Å². The summed E-state index contributed by atoms with van der Waals surface area (Å²) in [6.07, 6.45) is 0. The fraction of sp³-hybridized carbons (Fsp3) is 0.0625. The van der Waals surface area contributed by atoms with Crippen molar-refractivity contribution < 1.29 is 0 Å². The largest absolute Gasteiger partial charge is 0.310 e. The fourth-order valence-electron chi connectivity index (χ4n) is 11.1. The summed E-state index contributed by atoms with van der Waals surface area (Å²) in [4.78, 5) is 2.44. The van der Waals surface area contributed by atoms with Crippen LogP contribution in [0.3, 0.4) is 0 Å². The van der Waals surface area contributed by atoms with E-state index in [4.69, 9.17) is 0 Å². The number of fused-ring (bicyclic) bond motifs is 9. The molecule has 0 amide bonds. The number of hydrogen-bond acceptors (Lipinski definition) is 1. The van der Waals surface area contributed by atoms with Gasteiger partial charge < -0.3 is 4.90 Å². The molecular formula is C64H47N. The van der Waals surface area contributed by atoms with Gasteiger partial charge in [-0.25, -0.2) is 0 Å². The lowest BCUT2D eigenvalue weighted by Crippen LogP contribution is -2.40. The van der Waals surface area contributed by atoms with E-state index in [0.29, 0.717) is 0 Å². The first-order chi connectivity index (χ1) is 32.0. The highest BCUT2D eigenvalue weighted by atomic mass is 15.1. The average Bonchev–Trinajstić information content (AvgIpc) is 3.67. The van der Waals surface area contributed by atoms with E-state index in [9.17, 15) is 0 Å². The second-order valence-corrected chi connectivity index (χ2v) is 18.0. The topological polar surface area (TPSA) is 3.24 Å². The first kappa shape index (κ1) is 38.7. The van der Waals surface area contributed by atoms with E-state index in [1.165, 1.54) is 89.0 Å². The summed E-state index contributed by atoms with van der Waals surface area (Å²) in [7, 11) is 0. The van der Waals surface area contributed by atoms with E-state index in [2.05, 4.69) is 267 Å². The van der Waals surface area contributed by atoms with Crippen LogP contribution < -0.4 is 4.90 Å². The van der Waals surface area contributed by atoms with Crippen molar-refractivity contribution in [2.45, 2.75) is 24.7 Å². The molecule has 0 bridgehead atoms. The van der Waals surface area contributed by atoms with Gasteiger partial charge in [0.2, 0.25) is 0 Å². The molecule has 0 saturated heterocycles. The van der Waals surface area contributed by atoms with Gasteiger partial charge in [0.1, 0.15) is 0 Å². The number of anilines is 3. The van der Waals surface area contributed by atoms with Gasteiger partial charge in [-0.2, -0.15) is 0 Å². The summed E-state index contributed by atoms with van der Waals surface area (Å²) < 4.78 is 0. The Labute approximate surface area is 382 Å². The van der Waals surface area contributed by atoms with Crippen molar-refractivity contribution in [2.24, 2.45) is 0 Å². The van der Waals surface area contributed by atoms with E-state index in [0.717, 1.165) is 17.1 Å². The molecule has 2 aliphatic rings. The van der Waals surface area contributed by atoms with E-state index >= 15 is 0 Å². The molecule has 10 aromatic rings. The standard InChI is InChI=1S/C64H47N/c1-63(2)58-31-17-18-32-60(58)64(56-29-15-12-27-54(56)55-28-13-16-30-57(55)64)61-43-48(36-39-59(61)63)46-34-37-51(38-35-46)65(62-33-19-14-26-53(62)47-24-10-5-11-25-47)52-41-49(44-20-6-3-7-21-44)40-50(42-52)45-22-8-4-9-23-45/h3-43H,1-2H3. The molecular weight excluding hydrogens is 783 g/mol. The quantitative estimate of drug-likeness (QED) is 0.155. The molecule has 0 atom stereocenters. The predicted molar refractivity (Wildman–Crippen MR) is 272 cm³/mol. The van der Waals surface area contributed by atoms with Gasteiger partial charge in [0.15, 0.2) is 0 Å². The lowest BCUT2D eigenvalue weighted by molar-refractivity contribution is 0.563. The van der Waals surface area contributed by atoms with Crippen molar-refractivity contribution in [3.05, 3.63) is 282 Å². The highest BCUT2D eigenvalue weighted by molar-refractivity contribution is 5.92. The van der Waals surface area contributed by atoms with Crippen LogP contribution in [-0.2, 0) is 10.8 Å². The molecule has 0 heterocycles. The van der Waals surface area contributed by atoms with E-state index in [-0.39, 0.29) is 5.41 Å². The molecule has 0 aromatic heterocycles. The Balaban J connectivity index is 1.05.